The largest absolute Gasteiger partial charge is 0.506 e. The van der Waals surface area contributed by atoms with Crippen LogP contribution in [0, 0.1) is 56.3 Å². The van der Waals surface area contributed by atoms with Crippen LogP contribution in [0.1, 0.15) is 54.8 Å². The van der Waals surface area contributed by atoms with Gasteiger partial charge in [-0.15, -0.1) is 34.0 Å². The first-order valence-electron chi connectivity index (χ1n) is 24.7. The van der Waals surface area contributed by atoms with Crippen molar-refractivity contribution in [3.63, 3.8) is 0 Å². The van der Waals surface area contributed by atoms with E-state index < -0.39 is 9.84 Å². The molecule has 6 aromatic carbocycles. The number of benzene rings is 6. The number of fused-ring (bicyclic) bond motifs is 3. The van der Waals surface area contributed by atoms with E-state index in [9.17, 15) is 33.3 Å². The Balaban J connectivity index is 0.000000174. The zero-order valence-corrected chi connectivity index (χ0v) is 47.6. The average Bonchev–Trinajstić information content (AvgIpc) is 4.15. The lowest BCUT2D eigenvalue weighted by atomic mass is 10.1. The second-order valence-corrected chi connectivity index (χ2v) is 23.5. The quantitative estimate of drug-likeness (QED) is 0.0488. The number of likely N-dealkylation sites (N-methyl/N-ethyl adjacent to an activating group) is 1. The number of sulfone groups is 1. The number of carbonyl (C=O) groups is 2. The number of rotatable bonds is 13. The number of aromatic hydroxyl groups is 3. The number of aromatic nitrogens is 3. The second kappa shape index (κ2) is 27.5. The fraction of sp³-hybridized carbons (Fsp3) is 0.159. The molecular weight excluding hydrogens is 1080 g/mol. The molecule has 0 fully saturated rings. The molecule has 0 unspecified atom stereocenters. The number of phenols is 3. The Bertz CT molecular complexity index is 4120. The predicted octanol–water partition coefficient (Wildman–Crippen LogP) is 12.3. The van der Waals surface area contributed by atoms with Gasteiger partial charge < -0.3 is 30.3 Å². The Kier molecular flexibility index (Phi) is 20.2. The molecule has 4 N–H and O–H groups in total. The fourth-order valence-electron chi connectivity index (χ4n) is 7.70. The van der Waals surface area contributed by atoms with Gasteiger partial charge in [0.15, 0.2) is 9.84 Å². The Morgan fingerprint density at radius 1 is 0.625 bits per heavy atom. The van der Waals surface area contributed by atoms with Gasteiger partial charge in [0.05, 0.1) is 41.5 Å². The van der Waals surface area contributed by atoms with Gasteiger partial charge >= 0.3 is 0 Å². The number of nitrogens with one attached hydrogen (secondary N) is 1. The molecule has 80 heavy (non-hydrogen) atoms. The van der Waals surface area contributed by atoms with E-state index in [0.29, 0.717) is 60.3 Å². The van der Waals surface area contributed by atoms with Crippen LogP contribution in [0.2, 0.25) is 0 Å². The lowest BCUT2D eigenvalue weighted by molar-refractivity contribution is -0.114. The molecule has 17 heteroatoms. The summed E-state index contributed by atoms with van der Waals surface area (Å²) in [4.78, 5) is 37.5. The number of thiazole rings is 3. The molecule has 404 valence electrons. The molecule has 9 aromatic rings. The molecule has 9 rings (SSSR count). The van der Waals surface area contributed by atoms with Crippen molar-refractivity contribution in [2.75, 3.05) is 29.6 Å². The van der Waals surface area contributed by atoms with Crippen molar-refractivity contribution in [3.8, 4) is 58.5 Å². The summed E-state index contributed by atoms with van der Waals surface area (Å²) in [5.74, 6) is 19.3. The first-order valence-corrected chi connectivity index (χ1v) is 28.9. The molecule has 0 bridgehead atoms. The topological polar surface area (TPSA) is 192 Å². The van der Waals surface area contributed by atoms with Crippen molar-refractivity contribution in [2.45, 2.75) is 46.5 Å². The molecule has 13 nitrogen and oxygen atoms in total. The molecule has 0 radical (unpaired) electrons. The van der Waals surface area contributed by atoms with E-state index in [0.717, 1.165) is 73.6 Å². The molecular formula is C63H55N5O8S4. The van der Waals surface area contributed by atoms with E-state index in [1.54, 1.807) is 30.1 Å². The highest BCUT2D eigenvalue weighted by Crippen LogP contribution is 2.32. The molecule has 0 spiro atoms. The molecule has 0 atom stereocenters. The lowest BCUT2D eigenvalue weighted by Gasteiger charge is -2.15. The minimum absolute atomic E-state index is 0.0259. The maximum atomic E-state index is 11.7. The molecule has 0 saturated carbocycles. The van der Waals surface area contributed by atoms with E-state index in [4.69, 9.17) is 4.74 Å². The van der Waals surface area contributed by atoms with Crippen molar-refractivity contribution >= 4 is 97.7 Å². The van der Waals surface area contributed by atoms with Crippen molar-refractivity contribution < 1.29 is 38.1 Å². The van der Waals surface area contributed by atoms with Crippen LogP contribution >= 0.6 is 34.0 Å². The Morgan fingerprint density at radius 3 is 1.54 bits per heavy atom. The first kappa shape index (κ1) is 58.7. The van der Waals surface area contributed by atoms with Crippen LogP contribution < -0.4 is 15.0 Å². The fourth-order valence-corrected chi connectivity index (χ4v) is 11.1. The van der Waals surface area contributed by atoms with Gasteiger partial charge in [0.1, 0.15) is 39.5 Å². The smallest absolute Gasteiger partial charge is 0.250 e. The van der Waals surface area contributed by atoms with Gasteiger partial charge in [0.2, 0.25) is 11.8 Å². The number of phenolic OH excluding ortho intramolecular Hbond substituents is 3. The number of ether oxygens (including phenoxy) is 1. The number of anilines is 2. The van der Waals surface area contributed by atoms with E-state index in [1.807, 2.05) is 112 Å². The third kappa shape index (κ3) is 16.7. The van der Waals surface area contributed by atoms with Crippen molar-refractivity contribution in [3.05, 3.63) is 195 Å². The van der Waals surface area contributed by atoms with Crippen LogP contribution in [-0.4, -0.2) is 69.9 Å². The number of hydrogen-bond donors (Lipinski definition) is 4. The summed E-state index contributed by atoms with van der Waals surface area (Å²) in [6.07, 6.45) is 4.54. The molecule has 2 amide bonds. The maximum Gasteiger partial charge on any atom is 0.250 e. The number of aryl methyl sites for hydroxylation is 3. The highest BCUT2D eigenvalue weighted by atomic mass is 32.2. The minimum Gasteiger partial charge on any atom is -0.506 e. The summed E-state index contributed by atoms with van der Waals surface area (Å²) in [5, 5.41) is 36.7. The number of hydrogen-bond acceptors (Lipinski definition) is 14. The average molecular weight is 1140 g/mol. The van der Waals surface area contributed by atoms with Gasteiger partial charge in [0.25, 0.3) is 0 Å². The van der Waals surface area contributed by atoms with Gasteiger partial charge in [0, 0.05) is 59.8 Å². The van der Waals surface area contributed by atoms with E-state index in [1.165, 1.54) is 46.2 Å². The van der Waals surface area contributed by atoms with Crippen molar-refractivity contribution in [2.24, 2.45) is 0 Å². The normalized spacial score (nSPS) is 10.5. The Morgan fingerprint density at radius 2 is 1.07 bits per heavy atom. The van der Waals surface area contributed by atoms with E-state index in [2.05, 4.69) is 75.5 Å². The van der Waals surface area contributed by atoms with E-state index in [-0.39, 0.29) is 34.8 Å². The monoisotopic (exact) mass is 1140 g/mol. The standard InChI is InChI=1S/C22H21NO4S2.C21H18N2O2S.C20H16N2O2S/c1-3-29(25,26)12-6-11-27-19-10-5-8-17(13-19)7-4-9-18-14-20(24)22-21(15-18)28-16(2)23-22;1-4-20(25)23(3)17-10-6-8-15(11-17)7-5-9-16-12-18(24)21-19(13-16)26-14(2)22-21;1-3-19(24)22-16-9-5-7-14(10-16)6-4-8-15-11-17(23)20-18(12-15)25-13(2)21-20/h3,5,8,10,13-15,24H,1,6-7,11-12H2,2H3;4,6,8,10-13,24H,1,7H2,2-3H3;3,5,7,9-12,23H,1,6H2,2H3,(H,22,24). The third-order valence-corrected chi connectivity index (χ3v) is 15.6. The molecule has 3 aromatic heterocycles. The van der Waals surface area contributed by atoms with Crippen LogP contribution in [0.25, 0.3) is 30.6 Å². The minimum atomic E-state index is -3.19. The maximum absolute atomic E-state index is 11.7. The molecule has 0 saturated heterocycles. The number of amides is 2. The zero-order chi connectivity index (χ0) is 57.3. The van der Waals surface area contributed by atoms with Crippen LogP contribution in [0.5, 0.6) is 23.0 Å². The second-order valence-electron chi connectivity index (χ2n) is 17.7. The molecule has 0 aliphatic rings. The number of carbonyl (C=O) groups excluding carboxylic acids is 2. The summed E-state index contributed by atoms with van der Waals surface area (Å²) >= 11 is 4.59. The summed E-state index contributed by atoms with van der Waals surface area (Å²) in [6, 6.07) is 33.5. The highest BCUT2D eigenvalue weighted by molar-refractivity contribution is 7.94. The van der Waals surface area contributed by atoms with Crippen LogP contribution in [-0.2, 0) is 38.7 Å². The van der Waals surface area contributed by atoms with Crippen molar-refractivity contribution in [1.82, 2.24) is 15.0 Å². The highest BCUT2D eigenvalue weighted by Gasteiger charge is 2.11. The summed E-state index contributed by atoms with van der Waals surface area (Å²) < 4.78 is 31.2. The van der Waals surface area contributed by atoms with Crippen LogP contribution in [0.3, 0.4) is 0 Å². The van der Waals surface area contributed by atoms with Gasteiger partial charge in [-0.3, -0.25) is 9.59 Å². The zero-order valence-electron chi connectivity index (χ0n) is 44.3. The summed E-state index contributed by atoms with van der Waals surface area (Å²) in [6.45, 7) is 16.3. The van der Waals surface area contributed by atoms with Crippen LogP contribution in [0.15, 0.2) is 146 Å². The first-order chi connectivity index (χ1) is 38.4. The predicted molar refractivity (Wildman–Crippen MR) is 326 cm³/mol. The van der Waals surface area contributed by atoms with Crippen molar-refractivity contribution in [1.29, 1.82) is 0 Å². The van der Waals surface area contributed by atoms with Gasteiger partial charge in [-0.25, -0.2) is 23.4 Å². The van der Waals surface area contributed by atoms with E-state index >= 15 is 0 Å². The Hall–Kier alpha value is -9.02. The lowest BCUT2D eigenvalue weighted by Crippen LogP contribution is -2.23. The summed E-state index contributed by atoms with van der Waals surface area (Å²) in [5.41, 5.74) is 8.63. The molecule has 0 aliphatic heterocycles. The Labute approximate surface area is 477 Å². The summed E-state index contributed by atoms with van der Waals surface area (Å²) in [7, 11) is -1.48. The SMILES string of the molecule is C=CC(=O)N(C)c1cccc(CC#Cc2cc(O)c3nc(C)sc3c2)c1.C=CC(=O)Nc1cccc(CC#Cc2cc(O)c3nc(C)sc3c2)c1.C=CS(=O)(=O)CCCOc1cccc(CC#Cc2cc(O)c3nc(C)sc3c2)c1. The number of nitrogens with zero attached hydrogens (tertiary/aromatic N) is 4. The van der Waals surface area contributed by atoms with Crippen LogP contribution in [0.4, 0.5) is 11.4 Å². The third-order valence-electron chi connectivity index (χ3n) is 11.5. The van der Waals surface area contributed by atoms with Gasteiger partial charge in [-0.1, -0.05) is 91.7 Å². The van der Waals surface area contributed by atoms with Gasteiger partial charge in [-0.2, -0.15) is 0 Å². The molecule has 0 aliphatic carbocycles. The van der Waals surface area contributed by atoms with Gasteiger partial charge in [-0.05, 0) is 129 Å². The molecule has 3 heterocycles.